The quantitative estimate of drug-likeness (QED) is 0.668. The van der Waals surface area contributed by atoms with E-state index in [0.717, 1.165) is 30.6 Å². The van der Waals surface area contributed by atoms with E-state index in [4.69, 9.17) is 4.74 Å². The molecule has 0 N–H and O–H groups in total. The normalized spacial score (nSPS) is 17.5. The van der Waals surface area contributed by atoms with E-state index in [1.165, 1.54) is 12.1 Å². The maximum atomic E-state index is 12.9. The van der Waals surface area contributed by atoms with Crippen molar-refractivity contribution in [3.8, 4) is 5.75 Å². The summed E-state index contributed by atoms with van der Waals surface area (Å²) in [6.45, 7) is 5.50. The van der Waals surface area contributed by atoms with Crippen LogP contribution in [0.25, 0.3) is 0 Å². The summed E-state index contributed by atoms with van der Waals surface area (Å²) in [7, 11) is -1.80. The highest BCUT2D eigenvalue weighted by molar-refractivity contribution is 7.89. The Kier molecular flexibility index (Phi) is 7.15. The summed E-state index contributed by atoms with van der Waals surface area (Å²) in [6, 6.07) is 13.9. The van der Waals surface area contributed by atoms with Gasteiger partial charge in [-0.3, -0.25) is 4.79 Å². The van der Waals surface area contributed by atoms with Gasteiger partial charge in [0.2, 0.25) is 10.0 Å². The number of rotatable bonds is 7. The molecule has 1 saturated heterocycles. The van der Waals surface area contributed by atoms with Crippen molar-refractivity contribution in [1.29, 1.82) is 0 Å². The number of carbonyl (C=O) groups excluding carboxylic acids is 1. The van der Waals surface area contributed by atoms with Crippen molar-refractivity contribution in [3.05, 3.63) is 59.7 Å². The van der Waals surface area contributed by atoms with Gasteiger partial charge in [-0.1, -0.05) is 18.6 Å². The van der Waals surface area contributed by atoms with Crippen molar-refractivity contribution >= 4 is 15.9 Å². The first kappa shape index (κ1) is 22.3. The molecule has 2 aromatic rings. The third-order valence-corrected chi connectivity index (χ3v) is 7.48. The van der Waals surface area contributed by atoms with Gasteiger partial charge in [-0.05, 0) is 68.7 Å². The van der Waals surface area contributed by atoms with Crippen LogP contribution in [0.5, 0.6) is 5.75 Å². The van der Waals surface area contributed by atoms with E-state index in [2.05, 4.69) is 0 Å². The van der Waals surface area contributed by atoms with Crippen LogP contribution in [0.1, 0.15) is 49.0 Å². The third-order valence-electron chi connectivity index (χ3n) is 5.45. The Bertz CT molecular complexity index is 956. The zero-order valence-corrected chi connectivity index (χ0v) is 18.7. The zero-order chi connectivity index (χ0) is 21.7. The second kappa shape index (κ2) is 9.62. The monoisotopic (exact) mass is 430 g/mol. The summed E-state index contributed by atoms with van der Waals surface area (Å²) in [5.74, 6) is 0.647. The minimum atomic E-state index is -3.53. The van der Waals surface area contributed by atoms with E-state index < -0.39 is 10.0 Å². The van der Waals surface area contributed by atoms with Gasteiger partial charge in [-0.15, -0.1) is 0 Å². The minimum absolute atomic E-state index is 0.00491. The van der Waals surface area contributed by atoms with Crippen molar-refractivity contribution in [2.24, 2.45) is 0 Å². The first-order chi connectivity index (χ1) is 14.3. The molecule has 1 unspecified atom stereocenters. The smallest absolute Gasteiger partial charge is 0.253 e. The number of sulfonamides is 1. The number of piperidine rings is 1. The standard InChI is InChI=1S/C23H30N2O4S/c1-4-29-21-12-8-19(9-13-21)17-24(3)23(26)20-10-14-22(15-11-20)30(27,28)25-16-6-5-7-18(25)2/h8-15,18H,4-7,16-17H2,1-3H3. The Morgan fingerprint density at radius 1 is 1.10 bits per heavy atom. The number of nitrogens with zero attached hydrogens (tertiary/aromatic N) is 2. The first-order valence-electron chi connectivity index (χ1n) is 10.4. The first-order valence-corrected chi connectivity index (χ1v) is 11.9. The van der Waals surface area contributed by atoms with Crippen LogP contribution in [0.3, 0.4) is 0 Å². The van der Waals surface area contributed by atoms with Gasteiger partial charge in [-0.2, -0.15) is 4.31 Å². The van der Waals surface area contributed by atoms with E-state index in [1.807, 2.05) is 38.1 Å². The van der Waals surface area contributed by atoms with Gasteiger partial charge < -0.3 is 9.64 Å². The maximum Gasteiger partial charge on any atom is 0.253 e. The van der Waals surface area contributed by atoms with Crippen LogP contribution in [0.2, 0.25) is 0 Å². The van der Waals surface area contributed by atoms with E-state index >= 15 is 0 Å². The van der Waals surface area contributed by atoms with Gasteiger partial charge in [0.15, 0.2) is 0 Å². The highest BCUT2D eigenvalue weighted by Gasteiger charge is 2.31. The molecule has 0 saturated carbocycles. The highest BCUT2D eigenvalue weighted by atomic mass is 32.2. The number of ether oxygens (including phenoxy) is 1. The van der Waals surface area contributed by atoms with Gasteiger partial charge in [-0.25, -0.2) is 8.42 Å². The van der Waals surface area contributed by atoms with Crippen LogP contribution < -0.4 is 4.74 Å². The Hall–Kier alpha value is -2.38. The molecule has 1 aliphatic heterocycles. The number of hydrogen-bond donors (Lipinski definition) is 0. The summed E-state index contributed by atoms with van der Waals surface area (Å²) in [4.78, 5) is 14.6. The average molecular weight is 431 g/mol. The van der Waals surface area contributed by atoms with Crippen LogP contribution in [0.15, 0.2) is 53.4 Å². The fraction of sp³-hybridized carbons (Fsp3) is 0.435. The molecule has 0 radical (unpaired) electrons. The highest BCUT2D eigenvalue weighted by Crippen LogP contribution is 2.25. The Morgan fingerprint density at radius 3 is 2.37 bits per heavy atom. The molecule has 0 aromatic heterocycles. The van der Waals surface area contributed by atoms with E-state index in [0.29, 0.717) is 25.3 Å². The summed E-state index contributed by atoms with van der Waals surface area (Å²) in [5, 5.41) is 0. The lowest BCUT2D eigenvalue weighted by atomic mass is 10.1. The summed E-state index contributed by atoms with van der Waals surface area (Å²) < 4.78 is 32.9. The number of hydrogen-bond acceptors (Lipinski definition) is 4. The van der Waals surface area contributed by atoms with Crippen LogP contribution in [0.4, 0.5) is 0 Å². The van der Waals surface area contributed by atoms with Crippen molar-refractivity contribution in [2.75, 3.05) is 20.2 Å². The minimum Gasteiger partial charge on any atom is -0.494 e. The SMILES string of the molecule is CCOc1ccc(CN(C)C(=O)c2ccc(S(=O)(=O)N3CCCCC3C)cc2)cc1. The second-order valence-corrected chi connectivity index (χ2v) is 9.61. The molecule has 2 aromatic carbocycles. The number of benzene rings is 2. The molecule has 1 amide bonds. The van der Waals surface area contributed by atoms with Crippen LogP contribution >= 0.6 is 0 Å². The molecule has 1 atom stereocenters. The van der Waals surface area contributed by atoms with Gasteiger partial charge >= 0.3 is 0 Å². The number of amides is 1. The second-order valence-electron chi connectivity index (χ2n) is 7.72. The molecule has 6 nitrogen and oxygen atoms in total. The van der Waals surface area contributed by atoms with E-state index in [1.54, 1.807) is 28.4 Å². The molecule has 1 aliphatic rings. The van der Waals surface area contributed by atoms with Gasteiger partial charge in [0, 0.05) is 31.7 Å². The lowest BCUT2D eigenvalue weighted by Crippen LogP contribution is -2.41. The van der Waals surface area contributed by atoms with Crippen molar-refractivity contribution in [1.82, 2.24) is 9.21 Å². The molecule has 7 heteroatoms. The Labute approximate surface area is 179 Å². The summed E-state index contributed by atoms with van der Waals surface area (Å²) in [6.07, 6.45) is 2.82. The molecule has 1 heterocycles. The third kappa shape index (κ3) is 5.02. The van der Waals surface area contributed by atoms with Gasteiger partial charge in [0.1, 0.15) is 5.75 Å². The molecule has 0 bridgehead atoms. The predicted molar refractivity (Wildman–Crippen MR) is 117 cm³/mol. The largest absolute Gasteiger partial charge is 0.494 e. The molecule has 0 aliphatic carbocycles. The van der Waals surface area contributed by atoms with Crippen molar-refractivity contribution in [3.63, 3.8) is 0 Å². The fourth-order valence-corrected chi connectivity index (χ4v) is 5.46. The number of carbonyl (C=O) groups is 1. The average Bonchev–Trinajstić information content (AvgIpc) is 2.75. The summed E-state index contributed by atoms with van der Waals surface area (Å²) >= 11 is 0. The van der Waals surface area contributed by atoms with Crippen LogP contribution in [0, 0.1) is 0 Å². The molecule has 30 heavy (non-hydrogen) atoms. The lowest BCUT2D eigenvalue weighted by molar-refractivity contribution is 0.0785. The van der Waals surface area contributed by atoms with Crippen LogP contribution in [-0.4, -0.2) is 49.8 Å². The molecule has 162 valence electrons. The molecule has 0 spiro atoms. The molecule has 3 rings (SSSR count). The Morgan fingerprint density at radius 2 is 1.77 bits per heavy atom. The van der Waals surface area contributed by atoms with Crippen LogP contribution in [-0.2, 0) is 16.6 Å². The molecule has 1 fully saturated rings. The zero-order valence-electron chi connectivity index (χ0n) is 17.9. The van der Waals surface area contributed by atoms with Crippen molar-refractivity contribution < 1.29 is 17.9 Å². The fourth-order valence-electron chi connectivity index (χ4n) is 3.76. The van der Waals surface area contributed by atoms with Gasteiger partial charge in [0.05, 0.1) is 11.5 Å². The lowest BCUT2D eigenvalue weighted by Gasteiger charge is -2.32. The van der Waals surface area contributed by atoms with E-state index in [-0.39, 0.29) is 16.8 Å². The topological polar surface area (TPSA) is 66.9 Å². The van der Waals surface area contributed by atoms with Crippen molar-refractivity contribution in [2.45, 2.75) is 50.6 Å². The summed E-state index contributed by atoms with van der Waals surface area (Å²) in [5.41, 5.74) is 1.46. The molecular formula is C23H30N2O4S. The van der Waals surface area contributed by atoms with E-state index in [9.17, 15) is 13.2 Å². The molecular weight excluding hydrogens is 400 g/mol. The Balaban J connectivity index is 1.68. The maximum absolute atomic E-state index is 12.9. The predicted octanol–water partition coefficient (Wildman–Crippen LogP) is 3.92. The van der Waals surface area contributed by atoms with Gasteiger partial charge in [0.25, 0.3) is 5.91 Å².